The number of aromatic nitrogens is 1. The average molecular weight is 330 g/mol. The van der Waals surface area contributed by atoms with Crippen molar-refractivity contribution in [3.63, 3.8) is 0 Å². The van der Waals surface area contributed by atoms with Gasteiger partial charge < -0.3 is 0 Å². The molecule has 0 saturated carbocycles. The number of nitrogens with zero attached hydrogens (tertiary/aromatic N) is 1. The number of carbonyl (C=O) groups excluding carboxylic acids is 1. The summed E-state index contributed by atoms with van der Waals surface area (Å²) < 4.78 is 0.871. The van der Waals surface area contributed by atoms with Crippen LogP contribution in [0.1, 0.15) is 45.9 Å². The molecule has 0 radical (unpaired) electrons. The number of rotatable bonds is 2. The van der Waals surface area contributed by atoms with Crippen LogP contribution in [0.25, 0.3) is 0 Å². The highest BCUT2D eigenvalue weighted by atomic mass is 79.9. The van der Waals surface area contributed by atoms with Gasteiger partial charge in [-0.15, -0.1) is 0 Å². The van der Waals surface area contributed by atoms with Crippen molar-refractivity contribution in [2.45, 2.75) is 32.1 Å². The zero-order valence-electron chi connectivity index (χ0n) is 11.4. The van der Waals surface area contributed by atoms with Gasteiger partial charge in [-0.2, -0.15) is 0 Å². The number of halogens is 1. The van der Waals surface area contributed by atoms with Crippen molar-refractivity contribution in [1.82, 2.24) is 4.98 Å². The first kappa shape index (κ1) is 13.5. The van der Waals surface area contributed by atoms with Crippen LogP contribution in [0.4, 0.5) is 0 Å². The molecule has 1 atom stereocenters. The van der Waals surface area contributed by atoms with Crippen LogP contribution in [0.3, 0.4) is 0 Å². The Hall–Kier alpha value is -1.48. The number of ketones is 1. The zero-order chi connectivity index (χ0) is 14.1. The first-order valence-electron chi connectivity index (χ1n) is 6.91. The fraction of sp³-hybridized carbons (Fsp3) is 0.294. The number of Topliss-reactive ketones (excluding diaryl/α,β-unsaturated/α-hetero) is 1. The fourth-order valence-corrected chi connectivity index (χ4v) is 3.32. The largest absolute Gasteiger partial charge is 0.293 e. The first-order valence-corrected chi connectivity index (χ1v) is 7.70. The normalized spacial score (nSPS) is 17.6. The molecule has 0 spiro atoms. The van der Waals surface area contributed by atoms with E-state index in [2.05, 4.69) is 27.0 Å². The standard InChI is InChI=1S/C17H16BrNO/c1-11-7-8-15(18)14(10-11)17(20)13-6-2-4-12-5-3-9-19-16(12)13/h3,5,7-10,13H,2,4,6H2,1H3. The molecule has 1 aliphatic rings. The molecule has 0 aliphatic heterocycles. The molecule has 1 unspecified atom stereocenters. The number of hydrogen-bond donors (Lipinski definition) is 0. The Balaban J connectivity index is 2.02. The van der Waals surface area contributed by atoms with E-state index >= 15 is 0 Å². The molecule has 0 amide bonds. The van der Waals surface area contributed by atoms with E-state index in [1.54, 1.807) is 6.20 Å². The minimum Gasteiger partial charge on any atom is -0.293 e. The zero-order valence-corrected chi connectivity index (χ0v) is 13.0. The van der Waals surface area contributed by atoms with Gasteiger partial charge in [0, 0.05) is 16.2 Å². The molecular formula is C17H16BrNO. The third-order valence-corrected chi connectivity index (χ3v) is 4.59. The third-order valence-electron chi connectivity index (χ3n) is 3.90. The van der Waals surface area contributed by atoms with Gasteiger partial charge in [-0.25, -0.2) is 0 Å². The first-order chi connectivity index (χ1) is 9.66. The van der Waals surface area contributed by atoms with Crippen molar-refractivity contribution < 1.29 is 4.79 Å². The lowest BCUT2D eigenvalue weighted by Gasteiger charge is -2.23. The summed E-state index contributed by atoms with van der Waals surface area (Å²) in [4.78, 5) is 17.3. The smallest absolute Gasteiger partial charge is 0.173 e. The van der Waals surface area contributed by atoms with E-state index < -0.39 is 0 Å². The molecule has 3 rings (SSSR count). The summed E-state index contributed by atoms with van der Waals surface area (Å²) in [5.74, 6) is 0.0817. The lowest BCUT2D eigenvalue weighted by Crippen LogP contribution is -2.20. The predicted molar refractivity (Wildman–Crippen MR) is 83.1 cm³/mol. The summed E-state index contributed by atoms with van der Waals surface area (Å²) in [7, 11) is 0. The Morgan fingerprint density at radius 1 is 1.35 bits per heavy atom. The van der Waals surface area contributed by atoms with Crippen LogP contribution in [0, 0.1) is 6.92 Å². The maximum absolute atomic E-state index is 12.9. The minimum absolute atomic E-state index is 0.0990. The summed E-state index contributed by atoms with van der Waals surface area (Å²) in [6.45, 7) is 2.01. The molecule has 2 nitrogen and oxygen atoms in total. The second kappa shape index (κ2) is 5.49. The van der Waals surface area contributed by atoms with Crippen LogP contribution in [0.5, 0.6) is 0 Å². The Bertz CT molecular complexity index is 666. The highest BCUT2D eigenvalue weighted by Gasteiger charge is 2.29. The molecule has 0 saturated heterocycles. The molecule has 1 heterocycles. The maximum Gasteiger partial charge on any atom is 0.173 e. The number of pyridine rings is 1. The molecule has 1 aromatic carbocycles. The van der Waals surface area contributed by atoms with Crippen molar-refractivity contribution in [3.8, 4) is 0 Å². The molecule has 0 fully saturated rings. The summed E-state index contributed by atoms with van der Waals surface area (Å²) in [5, 5.41) is 0. The van der Waals surface area contributed by atoms with Crippen LogP contribution < -0.4 is 0 Å². The SMILES string of the molecule is Cc1ccc(Br)c(C(=O)C2CCCc3cccnc32)c1. The number of carbonyl (C=O) groups is 1. The number of fused-ring (bicyclic) bond motifs is 1. The molecule has 1 aliphatic carbocycles. The van der Waals surface area contributed by atoms with Crippen LogP contribution in [-0.2, 0) is 6.42 Å². The summed E-state index contributed by atoms with van der Waals surface area (Å²) in [5.41, 5.74) is 4.07. The number of hydrogen-bond acceptors (Lipinski definition) is 2. The lowest BCUT2D eigenvalue weighted by molar-refractivity contribution is 0.0948. The Morgan fingerprint density at radius 2 is 2.20 bits per heavy atom. The quantitative estimate of drug-likeness (QED) is 0.761. The summed E-state index contributed by atoms with van der Waals surface area (Å²) in [6.07, 6.45) is 4.76. The lowest BCUT2D eigenvalue weighted by atomic mass is 9.82. The van der Waals surface area contributed by atoms with E-state index in [1.807, 2.05) is 31.2 Å². The highest BCUT2D eigenvalue weighted by Crippen LogP contribution is 2.34. The Kier molecular flexibility index (Phi) is 3.70. The number of aryl methyl sites for hydroxylation is 2. The minimum atomic E-state index is -0.0990. The molecule has 0 N–H and O–H groups in total. The van der Waals surface area contributed by atoms with Gasteiger partial charge in [-0.05, 0) is 49.9 Å². The second-order valence-electron chi connectivity index (χ2n) is 5.34. The highest BCUT2D eigenvalue weighted by molar-refractivity contribution is 9.10. The fourth-order valence-electron chi connectivity index (χ4n) is 2.88. The van der Waals surface area contributed by atoms with Gasteiger partial charge >= 0.3 is 0 Å². The predicted octanol–water partition coefficient (Wildman–Crippen LogP) is 4.46. The molecule has 3 heteroatoms. The summed E-state index contributed by atoms with van der Waals surface area (Å²) >= 11 is 3.50. The third kappa shape index (κ3) is 2.42. The van der Waals surface area contributed by atoms with Gasteiger partial charge in [0.25, 0.3) is 0 Å². The number of benzene rings is 1. The van der Waals surface area contributed by atoms with E-state index in [9.17, 15) is 4.79 Å². The molecule has 1 aromatic heterocycles. The van der Waals surface area contributed by atoms with E-state index in [-0.39, 0.29) is 11.7 Å². The molecule has 0 bridgehead atoms. The Labute approximate surface area is 127 Å². The van der Waals surface area contributed by atoms with E-state index in [0.29, 0.717) is 0 Å². The van der Waals surface area contributed by atoms with E-state index in [0.717, 1.165) is 40.6 Å². The van der Waals surface area contributed by atoms with Gasteiger partial charge in [-0.3, -0.25) is 9.78 Å². The second-order valence-corrected chi connectivity index (χ2v) is 6.19. The van der Waals surface area contributed by atoms with Crippen LogP contribution in [-0.4, -0.2) is 10.8 Å². The van der Waals surface area contributed by atoms with Crippen molar-refractivity contribution in [2.24, 2.45) is 0 Å². The average Bonchev–Trinajstić information content (AvgIpc) is 2.48. The monoisotopic (exact) mass is 329 g/mol. The van der Waals surface area contributed by atoms with Crippen LogP contribution in [0.15, 0.2) is 41.0 Å². The van der Waals surface area contributed by atoms with E-state index in [4.69, 9.17) is 0 Å². The molecule has 20 heavy (non-hydrogen) atoms. The van der Waals surface area contributed by atoms with Crippen LogP contribution in [0.2, 0.25) is 0 Å². The van der Waals surface area contributed by atoms with E-state index in [1.165, 1.54) is 5.56 Å². The van der Waals surface area contributed by atoms with Gasteiger partial charge in [-0.1, -0.05) is 33.6 Å². The molecule has 102 valence electrons. The maximum atomic E-state index is 12.9. The van der Waals surface area contributed by atoms with Crippen LogP contribution >= 0.6 is 15.9 Å². The van der Waals surface area contributed by atoms with Gasteiger partial charge in [0.15, 0.2) is 5.78 Å². The van der Waals surface area contributed by atoms with Crippen molar-refractivity contribution >= 4 is 21.7 Å². The molecule has 2 aromatic rings. The van der Waals surface area contributed by atoms with Gasteiger partial charge in [0.1, 0.15) is 0 Å². The Morgan fingerprint density at radius 3 is 3.05 bits per heavy atom. The van der Waals surface area contributed by atoms with Crippen molar-refractivity contribution in [2.75, 3.05) is 0 Å². The summed E-state index contributed by atoms with van der Waals surface area (Å²) in [6, 6.07) is 9.96. The van der Waals surface area contributed by atoms with Crippen molar-refractivity contribution in [3.05, 3.63) is 63.4 Å². The topological polar surface area (TPSA) is 30.0 Å². The van der Waals surface area contributed by atoms with Gasteiger partial charge in [0.2, 0.25) is 0 Å². The molecular weight excluding hydrogens is 314 g/mol. The van der Waals surface area contributed by atoms with Crippen molar-refractivity contribution in [1.29, 1.82) is 0 Å². The van der Waals surface area contributed by atoms with Gasteiger partial charge in [0.05, 0.1) is 11.6 Å².